The van der Waals surface area contributed by atoms with Gasteiger partial charge in [0.2, 0.25) is 0 Å². The van der Waals surface area contributed by atoms with Crippen molar-refractivity contribution in [2.24, 2.45) is 0 Å². The van der Waals surface area contributed by atoms with E-state index in [0.717, 1.165) is 0 Å². The zero-order chi connectivity index (χ0) is 8.27. The molecule has 5 heteroatoms. The Morgan fingerprint density at radius 1 is 1.91 bits per heavy atom. The third-order valence-corrected chi connectivity index (χ3v) is 1.41. The van der Waals surface area contributed by atoms with Gasteiger partial charge in [0.05, 0.1) is 19.2 Å². The predicted octanol–water partition coefficient (Wildman–Crippen LogP) is 1.20. The lowest BCUT2D eigenvalue weighted by atomic mass is 10.3. The Balaban J connectivity index is 2.92. The van der Waals surface area contributed by atoms with Gasteiger partial charge in [-0.3, -0.25) is 0 Å². The van der Waals surface area contributed by atoms with E-state index in [4.69, 9.17) is 11.6 Å². The van der Waals surface area contributed by atoms with E-state index in [1.54, 1.807) is 0 Å². The summed E-state index contributed by atoms with van der Waals surface area (Å²) < 4.78 is 9.09. The molecule has 0 saturated heterocycles. The molecule has 0 fully saturated rings. The lowest BCUT2D eigenvalue weighted by molar-refractivity contribution is 0.0598. The topological polar surface area (TPSA) is 52.3 Å². The monoisotopic (exact) mass is 175 g/mol. The molecule has 0 radical (unpaired) electrons. The number of carbonyl (C=O) groups is 1. The Morgan fingerprint density at radius 3 is 3.18 bits per heavy atom. The van der Waals surface area contributed by atoms with E-state index in [9.17, 15) is 4.79 Å². The van der Waals surface area contributed by atoms with Gasteiger partial charge in [-0.15, -0.1) is 11.6 Å². The molecule has 0 aliphatic carbocycles. The molecule has 0 unspecified atom stereocenters. The van der Waals surface area contributed by atoms with Crippen molar-refractivity contribution in [3.63, 3.8) is 0 Å². The van der Waals surface area contributed by atoms with Crippen LogP contribution in [-0.2, 0) is 10.6 Å². The fourth-order valence-electron chi connectivity index (χ4n) is 0.637. The molecule has 0 N–H and O–H groups in total. The summed E-state index contributed by atoms with van der Waals surface area (Å²) in [6.07, 6.45) is 1.28. The zero-order valence-electron chi connectivity index (χ0n) is 5.83. The van der Waals surface area contributed by atoms with Gasteiger partial charge in [0.15, 0.2) is 5.76 Å². The molecule has 0 atom stereocenters. The van der Waals surface area contributed by atoms with E-state index in [-0.39, 0.29) is 11.4 Å². The molecule has 1 heterocycles. The standard InChI is InChI=1S/C6H6ClNO3/c1-10-6(9)4-3-8-11-5(4)2-7/h3H,2H2,1H3. The maximum atomic E-state index is 10.9. The van der Waals surface area contributed by atoms with E-state index >= 15 is 0 Å². The quantitative estimate of drug-likeness (QED) is 0.501. The minimum absolute atomic E-state index is 0.116. The van der Waals surface area contributed by atoms with Gasteiger partial charge >= 0.3 is 5.97 Å². The van der Waals surface area contributed by atoms with Crippen LogP contribution in [-0.4, -0.2) is 18.2 Å². The van der Waals surface area contributed by atoms with Crippen molar-refractivity contribution in [1.82, 2.24) is 5.16 Å². The fourth-order valence-corrected chi connectivity index (χ4v) is 0.829. The molecular weight excluding hydrogens is 170 g/mol. The van der Waals surface area contributed by atoms with Crippen molar-refractivity contribution in [3.8, 4) is 0 Å². The van der Waals surface area contributed by atoms with E-state index in [1.165, 1.54) is 13.3 Å². The molecule has 0 aliphatic heterocycles. The number of ether oxygens (including phenoxy) is 1. The average Bonchev–Trinajstić information content (AvgIpc) is 2.50. The van der Waals surface area contributed by atoms with Gasteiger partial charge in [-0.25, -0.2) is 4.79 Å². The maximum absolute atomic E-state index is 10.9. The van der Waals surface area contributed by atoms with Crippen LogP contribution < -0.4 is 0 Å². The average molecular weight is 176 g/mol. The zero-order valence-corrected chi connectivity index (χ0v) is 6.59. The summed E-state index contributed by atoms with van der Waals surface area (Å²) in [7, 11) is 1.29. The molecule has 0 saturated carbocycles. The van der Waals surface area contributed by atoms with Crippen LogP contribution in [0.3, 0.4) is 0 Å². The first-order chi connectivity index (χ1) is 5.29. The first-order valence-corrected chi connectivity index (χ1v) is 3.41. The Bertz CT molecular complexity index is 258. The van der Waals surface area contributed by atoms with Crippen LogP contribution in [0.5, 0.6) is 0 Å². The van der Waals surface area contributed by atoms with Gasteiger partial charge < -0.3 is 9.26 Å². The summed E-state index contributed by atoms with van der Waals surface area (Å²) in [6.45, 7) is 0. The molecule has 0 aromatic carbocycles. The molecule has 0 bridgehead atoms. The Morgan fingerprint density at radius 2 is 2.64 bits per heavy atom. The van der Waals surface area contributed by atoms with Gasteiger partial charge in [-0.2, -0.15) is 0 Å². The highest BCUT2D eigenvalue weighted by atomic mass is 35.5. The maximum Gasteiger partial charge on any atom is 0.343 e. The molecule has 60 valence electrons. The van der Waals surface area contributed by atoms with Crippen LogP contribution in [0.15, 0.2) is 10.7 Å². The van der Waals surface area contributed by atoms with E-state index < -0.39 is 5.97 Å². The Kier molecular flexibility index (Phi) is 2.48. The van der Waals surface area contributed by atoms with Crippen molar-refractivity contribution < 1.29 is 14.1 Å². The predicted molar refractivity (Wildman–Crippen MR) is 37.4 cm³/mol. The number of esters is 1. The summed E-state index contributed by atoms with van der Waals surface area (Å²) in [5.41, 5.74) is 0.280. The highest BCUT2D eigenvalue weighted by molar-refractivity contribution is 6.17. The van der Waals surface area contributed by atoms with Gasteiger partial charge in [0.25, 0.3) is 0 Å². The number of methoxy groups -OCH3 is 1. The third kappa shape index (κ3) is 1.51. The SMILES string of the molecule is COC(=O)c1cnoc1CCl. The highest BCUT2D eigenvalue weighted by Gasteiger charge is 2.14. The summed E-state index contributed by atoms with van der Waals surface area (Å²) in [4.78, 5) is 10.9. The van der Waals surface area contributed by atoms with Crippen LogP contribution in [0.2, 0.25) is 0 Å². The van der Waals surface area contributed by atoms with Gasteiger partial charge in [0, 0.05) is 0 Å². The molecule has 1 aromatic heterocycles. The lowest BCUT2D eigenvalue weighted by Crippen LogP contribution is -2.01. The highest BCUT2D eigenvalue weighted by Crippen LogP contribution is 2.11. The summed E-state index contributed by atoms with van der Waals surface area (Å²) >= 11 is 5.43. The number of rotatable bonds is 2. The molecule has 0 amide bonds. The van der Waals surface area contributed by atoms with Crippen molar-refractivity contribution in [3.05, 3.63) is 17.5 Å². The second-order valence-corrected chi connectivity index (χ2v) is 2.06. The summed E-state index contributed by atoms with van der Waals surface area (Å²) in [5, 5.41) is 3.40. The number of hydrogen-bond donors (Lipinski definition) is 0. The molecule has 4 nitrogen and oxygen atoms in total. The van der Waals surface area contributed by atoms with Crippen LogP contribution in [0.25, 0.3) is 0 Å². The van der Waals surface area contributed by atoms with E-state index in [1.807, 2.05) is 0 Å². The summed E-state index contributed by atoms with van der Waals surface area (Å²) in [5.74, 6) is -0.0369. The minimum atomic E-state index is -0.484. The molecule has 0 spiro atoms. The summed E-state index contributed by atoms with van der Waals surface area (Å²) in [6, 6.07) is 0. The second-order valence-electron chi connectivity index (χ2n) is 1.79. The van der Waals surface area contributed by atoms with Crippen LogP contribution in [0, 0.1) is 0 Å². The van der Waals surface area contributed by atoms with Crippen molar-refractivity contribution in [1.29, 1.82) is 0 Å². The van der Waals surface area contributed by atoms with Crippen molar-refractivity contribution >= 4 is 17.6 Å². The largest absolute Gasteiger partial charge is 0.465 e. The molecule has 11 heavy (non-hydrogen) atoms. The van der Waals surface area contributed by atoms with Crippen molar-refractivity contribution in [2.45, 2.75) is 5.88 Å². The first-order valence-electron chi connectivity index (χ1n) is 2.87. The number of carbonyl (C=O) groups excluding carboxylic acids is 1. The first kappa shape index (κ1) is 8.07. The van der Waals surface area contributed by atoms with E-state index in [2.05, 4.69) is 14.4 Å². The lowest BCUT2D eigenvalue weighted by Gasteiger charge is -1.93. The van der Waals surface area contributed by atoms with Gasteiger partial charge in [-0.1, -0.05) is 5.16 Å². The normalized spacial score (nSPS) is 9.64. The second kappa shape index (κ2) is 3.39. The molecule has 1 aromatic rings. The van der Waals surface area contributed by atoms with Crippen LogP contribution in [0.4, 0.5) is 0 Å². The molecular formula is C6H6ClNO3. The Labute approximate surface area is 68.1 Å². The molecule has 1 rings (SSSR count). The van der Waals surface area contributed by atoms with Crippen LogP contribution >= 0.6 is 11.6 Å². The minimum Gasteiger partial charge on any atom is -0.465 e. The van der Waals surface area contributed by atoms with E-state index in [0.29, 0.717) is 5.76 Å². The number of hydrogen-bond acceptors (Lipinski definition) is 4. The fraction of sp³-hybridized carbons (Fsp3) is 0.333. The number of alkyl halides is 1. The number of nitrogens with zero attached hydrogens (tertiary/aromatic N) is 1. The van der Waals surface area contributed by atoms with Gasteiger partial charge in [0.1, 0.15) is 5.56 Å². The van der Waals surface area contributed by atoms with Crippen molar-refractivity contribution in [2.75, 3.05) is 7.11 Å². The van der Waals surface area contributed by atoms with Gasteiger partial charge in [-0.05, 0) is 0 Å². The van der Waals surface area contributed by atoms with Crippen LogP contribution in [0.1, 0.15) is 16.1 Å². The number of aromatic nitrogens is 1. The smallest absolute Gasteiger partial charge is 0.343 e. The Hall–Kier alpha value is -1.03. The third-order valence-electron chi connectivity index (χ3n) is 1.17. The number of halogens is 1. The molecule has 0 aliphatic rings.